The van der Waals surface area contributed by atoms with Gasteiger partial charge in [0.25, 0.3) is 0 Å². The summed E-state index contributed by atoms with van der Waals surface area (Å²) in [5.74, 6) is -0.347. The molecule has 6 heteroatoms. The summed E-state index contributed by atoms with van der Waals surface area (Å²) < 4.78 is 0.993. The second-order valence-corrected chi connectivity index (χ2v) is 5.00. The summed E-state index contributed by atoms with van der Waals surface area (Å²) in [5.41, 5.74) is 3.51. The Kier molecular flexibility index (Phi) is 3.72. The number of hydrogen-bond acceptors (Lipinski definition) is 3. The third-order valence-electron chi connectivity index (χ3n) is 3.51. The van der Waals surface area contributed by atoms with Crippen molar-refractivity contribution in [2.24, 2.45) is 0 Å². The van der Waals surface area contributed by atoms with Gasteiger partial charge >= 0.3 is 12.1 Å². The van der Waals surface area contributed by atoms with Crippen LogP contribution in [0.2, 0.25) is 0 Å². The van der Waals surface area contributed by atoms with Crippen molar-refractivity contribution >= 4 is 23.6 Å². The Bertz CT molecular complexity index is 813. The van der Waals surface area contributed by atoms with E-state index in [1.165, 1.54) is 7.05 Å². The Morgan fingerprint density at radius 1 is 0.913 bits per heavy atom. The molecule has 0 aliphatic carbocycles. The van der Waals surface area contributed by atoms with E-state index < -0.39 is 12.1 Å². The molecule has 1 aliphatic heterocycles. The standard InChI is InChI=1S/C17H13N3O3/c1-19-16(22)18-20(17(19)23)14(12-8-4-2-5-9-12)15(21)13-10-6-3-7-11-13/h2-11H,1H3/p+1. The number of carbonyl (C=O) groups is 3. The molecule has 1 saturated heterocycles. The highest BCUT2D eigenvalue weighted by Crippen LogP contribution is 2.11. The first-order chi connectivity index (χ1) is 11.1. The number of nitrogens with one attached hydrogen (secondary N) is 1. The monoisotopic (exact) mass is 308 g/mol. The van der Waals surface area contributed by atoms with Crippen molar-refractivity contribution in [3.63, 3.8) is 0 Å². The SMILES string of the molecule is CN1C(=O)N/[N+](=C(\C(=O)c2ccccc2)c2ccccc2)C1=O. The number of hydrogen-bond donors (Lipinski definition) is 1. The minimum absolute atomic E-state index is 0.111. The maximum Gasteiger partial charge on any atom is 0.526 e. The van der Waals surface area contributed by atoms with Gasteiger partial charge in [-0.1, -0.05) is 65.3 Å². The van der Waals surface area contributed by atoms with Crippen molar-refractivity contribution in [1.82, 2.24) is 10.3 Å². The first kappa shape index (κ1) is 14.6. The van der Waals surface area contributed by atoms with E-state index in [1.807, 2.05) is 6.07 Å². The van der Waals surface area contributed by atoms with E-state index in [2.05, 4.69) is 5.43 Å². The van der Waals surface area contributed by atoms with Crippen LogP contribution < -0.4 is 5.43 Å². The second kappa shape index (κ2) is 5.84. The fraction of sp³-hybridized carbons (Fsp3) is 0.0588. The molecular weight excluding hydrogens is 294 g/mol. The van der Waals surface area contributed by atoms with Crippen LogP contribution in [0.5, 0.6) is 0 Å². The van der Waals surface area contributed by atoms with Crippen molar-refractivity contribution in [1.29, 1.82) is 0 Å². The average Bonchev–Trinajstić information content (AvgIpc) is 2.84. The van der Waals surface area contributed by atoms with Crippen molar-refractivity contribution < 1.29 is 19.1 Å². The molecule has 0 aromatic heterocycles. The number of ketones is 1. The van der Waals surface area contributed by atoms with E-state index in [9.17, 15) is 14.4 Å². The summed E-state index contributed by atoms with van der Waals surface area (Å²) >= 11 is 0. The number of rotatable bonds is 3. The molecule has 1 heterocycles. The molecule has 0 saturated carbocycles. The van der Waals surface area contributed by atoms with E-state index in [0.717, 1.165) is 9.58 Å². The molecule has 4 amide bonds. The van der Waals surface area contributed by atoms with Gasteiger partial charge in [0.2, 0.25) is 11.5 Å². The van der Waals surface area contributed by atoms with Gasteiger partial charge < -0.3 is 0 Å². The van der Waals surface area contributed by atoms with Gasteiger partial charge in [0.1, 0.15) is 0 Å². The lowest BCUT2D eigenvalue weighted by molar-refractivity contribution is -0.465. The number of hydrazine groups is 1. The number of urea groups is 2. The Labute approximate surface area is 132 Å². The molecule has 0 bridgehead atoms. The number of benzene rings is 2. The van der Waals surface area contributed by atoms with Crippen LogP contribution in [0.3, 0.4) is 0 Å². The maximum absolute atomic E-state index is 12.9. The molecule has 3 rings (SSSR count). The topological polar surface area (TPSA) is 69.5 Å². The largest absolute Gasteiger partial charge is 0.526 e. The fourth-order valence-electron chi connectivity index (χ4n) is 2.29. The summed E-state index contributed by atoms with van der Waals surface area (Å²) in [4.78, 5) is 37.8. The van der Waals surface area contributed by atoms with Crippen molar-refractivity contribution in [3.05, 3.63) is 71.8 Å². The average molecular weight is 308 g/mol. The van der Waals surface area contributed by atoms with Gasteiger partial charge in [-0.15, -0.1) is 10.3 Å². The van der Waals surface area contributed by atoms with Crippen LogP contribution in [-0.4, -0.2) is 40.2 Å². The predicted molar refractivity (Wildman–Crippen MR) is 83.3 cm³/mol. The molecule has 1 N–H and O–H groups in total. The van der Waals surface area contributed by atoms with E-state index in [-0.39, 0.29) is 11.5 Å². The fourth-order valence-corrected chi connectivity index (χ4v) is 2.29. The molecule has 0 unspecified atom stereocenters. The van der Waals surface area contributed by atoms with E-state index in [0.29, 0.717) is 11.1 Å². The number of hydrazone groups is 1. The van der Waals surface area contributed by atoms with Crippen LogP contribution in [-0.2, 0) is 0 Å². The zero-order valence-corrected chi connectivity index (χ0v) is 12.4. The van der Waals surface area contributed by atoms with Crippen LogP contribution in [0.15, 0.2) is 60.7 Å². The van der Waals surface area contributed by atoms with Crippen molar-refractivity contribution in [2.75, 3.05) is 7.05 Å². The first-order valence-electron chi connectivity index (χ1n) is 7.00. The van der Waals surface area contributed by atoms with Crippen molar-refractivity contribution in [3.8, 4) is 0 Å². The molecular formula is C17H14N3O3+. The zero-order chi connectivity index (χ0) is 16.4. The quantitative estimate of drug-likeness (QED) is 0.697. The molecule has 2 aromatic carbocycles. The van der Waals surface area contributed by atoms with Crippen LogP contribution in [0.25, 0.3) is 0 Å². The first-order valence-corrected chi connectivity index (χ1v) is 7.00. The number of Topliss-reactive ketones (excluding diaryl/α,β-unsaturated/α-hetero) is 1. The molecule has 2 aromatic rings. The smallest absolute Gasteiger partial charge is 0.284 e. The summed E-state index contributed by atoms with van der Waals surface area (Å²) in [6.07, 6.45) is 0. The van der Waals surface area contributed by atoms with Crippen LogP contribution >= 0.6 is 0 Å². The molecule has 0 spiro atoms. The number of nitrogens with zero attached hydrogens (tertiary/aromatic N) is 2. The third-order valence-corrected chi connectivity index (χ3v) is 3.51. The lowest BCUT2D eigenvalue weighted by atomic mass is 10.0. The van der Waals surface area contributed by atoms with Gasteiger partial charge in [-0.3, -0.25) is 4.79 Å². The highest BCUT2D eigenvalue weighted by Gasteiger charge is 2.43. The van der Waals surface area contributed by atoms with E-state index >= 15 is 0 Å². The number of imide groups is 1. The number of carbonyl (C=O) groups excluding carboxylic acids is 3. The van der Waals surface area contributed by atoms with Crippen molar-refractivity contribution in [2.45, 2.75) is 0 Å². The van der Waals surface area contributed by atoms with Gasteiger partial charge in [-0.2, -0.15) is 4.79 Å². The summed E-state index contributed by atoms with van der Waals surface area (Å²) in [6.45, 7) is 0. The van der Waals surface area contributed by atoms with Crippen LogP contribution in [0, 0.1) is 0 Å². The van der Waals surface area contributed by atoms with Crippen LogP contribution in [0.1, 0.15) is 15.9 Å². The summed E-state index contributed by atoms with van der Waals surface area (Å²) in [6, 6.07) is 16.2. The molecule has 23 heavy (non-hydrogen) atoms. The minimum Gasteiger partial charge on any atom is -0.284 e. The zero-order valence-electron chi connectivity index (χ0n) is 12.4. The molecule has 114 valence electrons. The molecule has 0 atom stereocenters. The molecule has 1 aliphatic rings. The van der Waals surface area contributed by atoms with Gasteiger partial charge in [0, 0.05) is 11.1 Å². The lowest BCUT2D eigenvalue weighted by Gasteiger charge is -2.06. The van der Waals surface area contributed by atoms with Gasteiger partial charge in [-0.25, -0.2) is 4.79 Å². The summed E-state index contributed by atoms with van der Waals surface area (Å²) in [7, 11) is 1.35. The van der Waals surface area contributed by atoms with Gasteiger partial charge in [0.05, 0.1) is 7.05 Å². The Morgan fingerprint density at radius 3 is 1.91 bits per heavy atom. The maximum atomic E-state index is 12.9. The summed E-state index contributed by atoms with van der Waals surface area (Å²) in [5, 5.41) is 0. The third kappa shape index (κ3) is 2.62. The van der Waals surface area contributed by atoms with E-state index in [4.69, 9.17) is 0 Å². The Hall–Kier alpha value is -3.28. The minimum atomic E-state index is -0.599. The van der Waals surface area contributed by atoms with Crippen LogP contribution in [0.4, 0.5) is 9.59 Å². The Morgan fingerprint density at radius 2 is 1.43 bits per heavy atom. The predicted octanol–water partition coefficient (Wildman–Crippen LogP) is 2.06. The Balaban J connectivity index is 2.19. The van der Waals surface area contributed by atoms with Gasteiger partial charge in [0.15, 0.2) is 0 Å². The lowest BCUT2D eigenvalue weighted by Crippen LogP contribution is -2.36. The highest BCUT2D eigenvalue weighted by molar-refractivity contribution is 6.50. The second-order valence-electron chi connectivity index (χ2n) is 5.00. The normalized spacial score (nSPS) is 16.3. The highest BCUT2D eigenvalue weighted by atomic mass is 16.2. The molecule has 1 fully saturated rings. The molecule has 0 radical (unpaired) electrons. The van der Waals surface area contributed by atoms with Gasteiger partial charge in [-0.05, 0) is 0 Å². The van der Waals surface area contributed by atoms with E-state index in [1.54, 1.807) is 54.6 Å². The number of amides is 4. The molecule has 6 nitrogen and oxygen atoms in total.